The molecule has 2 rings (SSSR count). The molecule has 0 spiro atoms. The standard InChI is InChI=1S/C14H18BrN5OS/c1-3-16-12-7-13(20-9(2)19-12)17-4-5-18-14(21)11-6-10(15)8-22-11/h6-8H,3-5H2,1-2H3,(H,18,21)(H2,16,17,19,20). The molecular weight excluding hydrogens is 366 g/mol. The van der Waals surface area contributed by atoms with E-state index < -0.39 is 0 Å². The lowest BCUT2D eigenvalue weighted by Gasteiger charge is -2.09. The highest BCUT2D eigenvalue weighted by Crippen LogP contribution is 2.19. The van der Waals surface area contributed by atoms with Crippen LogP contribution in [0.1, 0.15) is 22.4 Å². The molecule has 2 heterocycles. The van der Waals surface area contributed by atoms with E-state index in [0.717, 1.165) is 22.7 Å². The van der Waals surface area contributed by atoms with Gasteiger partial charge < -0.3 is 16.0 Å². The van der Waals surface area contributed by atoms with Crippen LogP contribution >= 0.6 is 27.3 Å². The maximum Gasteiger partial charge on any atom is 0.261 e. The first-order valence-electron chi connectivity index (χ1n) is 6.94. The van der Waals surface area contributed by atoms with Crippen LogP contribution in [0.4, 0.5) is 11.6 Å². The van der Waals surface area contributed by atoms with E-state index in [1.165, 1.54) is 11.3 Å². The number of amides is 1. The third-order valence-corrected chi connectivity index (χ3v) is 4.39. The zero-order valence-corrected chi connectivity index (χ0v) is 14.8. The minimum absolute atomic E-state index is 0.0651. The third-order valence-electron chi connectivity index (χ3n) is 2.70. The average molecular weight is 384 g/mol. The molecule has 0 fully saturated rings. The van der Waals surface area contributed by atoms with Gasteiger partial charge in [0.05, 0.1) is 4.88 Å². The Morgan fingerprint density at radius 3 is 2.59 bits per heavy atom. The number of carbonyl (C=O) groups excluding carboxylic acids is 1. The molecule has 0 aliphatic heterocycles. The largest absolute Gasteiger partial charge is 0.370 e. The number of hydrogen-bond donors (Lipinski definition) is 3. The molecule has 0 bridgehead atoms. The van der Waals surface area contributed by atoms with Crippen molar-refractivity contribution in [3.05, 3.63) is 32.7 Å². The number of aromatic nitrogens is 2. The molecule has 6 nitrogen and oxygen atoms in total. The summed E-state index contributed by atoms with van der Waals surface area (Å²) in [5, 5.41) is 11.1. The van der Waals surface area contributed by atoms with Crippen LogP contribution in [-0.4, -0.2) is 35.5 Å². The zero-order chi connectivity index (χ0) is 15.9. The summed E-state index contributed by atoms with van der Waals surface area (Å²) in [6.45, 7) is 5.79. The fraction of sp³-hybridized carbons (Fsp3) is 0.357. The van der Waals surface area contributed by atoms with Gasteiger partial charge in [0, 0.05) is 35.6 Å². The second-order valence-corrected chi connectivity index (χ2v) is 6.35. The van der Waals surface area contributed by atoms with Gasteiger partial charge in [0.15, 0.2) is 0 Å². The van der Waals surface area contributed by atoms with E-state index in [4.69, 9.17) is 0 Å². The van der Waals surface area contributed by atoms with Gasteiger partial charge in [-0.25, -0.2) is 9.97 Å². The van der Waals surface area contributed by atoms with E-state index in [1.54, 1.807) is 0 Å². The summed E-state index contributed by atoms with van der Waals surface area (Å²) in [7, 11) is 0. The fourth-order valence-corrected chi connectivity index (χ4v) is 3.16. The fourth-order valence-electron chi connectivity index (χ4n) is 1.82. The SMILES string of the molecule is CCNc1cc(NCCNC(=O)c2cc(Br)cs2)nc(C)n1. The lowest BCUT2D eigenvalue weighted by atomic mass is 10.4. The molecule has 2 aromatic heterocycles. The van der Waals surface area contributed by atoms with Gasteiger partial charge in [-0.15, -0.1) is 11.3 Å². The number of rotatable bonds is 7. The Balaban J connectivity index is 1.80. The quantitative estimate of drug-likeness (QED) is 0.640. The number of thiophene rings is 1. The molecule has 0 aliphatic rings. The first-order chi connectivity index (χ1) is 10.6. The van der Waals surface area contributed by atoms with Crippen molar-refractivity contribution >= 4 is 44.8 Å². The van der Waals surface area contributed by atoms with Crippen molar-refractivity contribution in [2.75, 3.05) is 30.3 Å². The van der Waals surface area contributed by atoms with Crippen molar-refractivity contribution in [2.24, 2.45) is 0 Å². The summed E-state index contributed by atoms with van der Waals surface area (Å²) in [5.74, 6) is 2.18. The number of hydrogen-bond acceptors (Lipinski definition) is 6. The molecule has 0 aromatic carbocycles. The van der Waals surface area contributed by atoms with E-state index in [1.807, 2.05) is 31.4 Å². The molecule has 0 saturated carbocycles. The van der Waals surface area contributed by atoms with Crippen LogP contribution in [0, 0.1) is 6.92 Å². The van der Waals surface area contributed by atoms with Gasteiger partial charge in [-0.2, -0.15) is 0 Å². The van der Waals surface area contributed by atoms with Crippen molar-refractivity contribution in [3.63, 3.8) is 0 Å². The Labute approximate surface area is 141 Å². The van der Waals surface area contributed by atoms with E-state index >= 15 is 0 Å². The van der Waals surface area contributed by atoms with Crippen LogP contribution in [0.3, 0.4) is 0 Å². The Morgan fingerprint density at radius 1 is 1.23 bits per heavy atom. The Morgan fingerprint density at radius 2 is 1.95 bits per heavy atom. The highest BCUT2D eigenvalue weighted by molar-refractivity contribution is 9.10. The van der Waals surface area contributed by atoms with Crippen molar-refractivity contribution in [3.8, 4) is 0 Å². The van der Waals surface area contributed by atoms with Crippen molar-refractivity contribution in [1.82, 2.24) is 15.3 Å². The van der Waals surface area contributed by atoms with Crippen LogP contribution in [0.15, 0.2) is 22.0 Å². The average Bonchev–Trinajstić information content (AvgIpc) is 2.90. The van der Waals surface area contributed by atoms with Crippen molar-refractivity contribution in [1.29, 1.82) is 0 Å². The monoisotopic (exact) mass is 383 g/mol. The van der Waals surface area contributed by atoms with Crippen molar-refractivity contribution in [2.45, 2.75) is 13.8 Å². The summed E-state index contributed by atoms with van der Waals surface area (Å²) in [5.41, 5.74) is 0. The van der Waals surface area contributed by atoms with Crippen LogP contribution in [0.2, 0.25) is 0 Å². The molecule has 22 heavy (non-hydrogen) atoms. The second kappa shape index (κ2) is 8.09. The van der Waals surface area contributed by atoms with Gasteiger partial charge in [0.1, 0.15) is 17.5 Å². The second-order valence-electron chi connectivity index (χ2n) is 4.53. The summed E-state index contributed by atoms with van der Waals surface area (Å²) in [6.07, 6.45) is 0. The number of nitrogens with zero attached hydrogens (tertiary/aromatic N) is 2. The Bertz CT molecular complexity index is 646. The lowest BCUT2D eigenvalue weighted by molar-refractivity contribution is 0.0959. The Kier molecular flexibility index (Phi) is 6.14. The van der Waals surface area contributed by atoms with Crippen LogP contribution in [0.25, 0.3) is 0 Å². The van der Waals surface area contributed by atoms with Crippen LogP contribution in [0.5, 0.6) is 0 Å². The van der Waals surface area contributed by atoms with E-state index in [0.29, 0.717) is 23.8 Å². The predicted molar refractivity (Wildman–Crippen MR) is 93.8 cm³/mol. The van der Waals surface area contributed by atoms with Gasteiger partial charge in [0.25, 0.3) is 5.91 Å². The van der Waals surface area contributed by atoms with Gasteiger partial charge in [-0.05, 0) is 35.8 Å². The predicted octanol–water partition coefficient (Wildman–Crippen LogP) is 2.88. The minimum Gasteiger partial charge on any atom is -0.370 e. The maximum atomic E-state index is 11.9. The van der Waals surface area contributed by atoms with Gasteiger partial charge in [-0.3, -0.25) is 4.79 Å². The number of carbonyl (C=O) groups is 1. The van der Waals surface area contributed by atoms with Crippen LogP contribution in [-0.2, 0) is 0 Å². The summed E-state index contributed by atoms with van der Waals surface area (Å²) >= 11 is 4.75. The van der Waals surface area contributed by atoms with E-state index in [-0.39, 0.29) is 5.91 Å². The van der Waals surface area contributed by atoms with Crippen molar-refractivity contribution < 1.29 is 4.79 Å². The maximum absolute atomic E-state index is 11.9. The summed E-state index contributed by atoms with van der Waals surface area (Å²) < 4.78 is 0.924. The molecule has 0 aliphatic carbocycles. The molecule has 0 atom stereocenters. The smallest absolute Gasteiger partial charge is 0.261 e. The van der Waals surface area contributed by atoms with E-state index in [9.17, 15) is 4.79 Å². The highest BCUT2D eigenvalue weighted by Gasteiger charge is 2.07. The summed E-state index contributed by atoms with van der Waals surface area (Å²) in [6, 6.07) is 3.67. The van der Waals surface area contributed by atoms with Gasteiger partial charge in [-0.1, -0.05) is 0 Å². The summed E-state index contributed by atoms with van der Waals surface area (Å²) in [4.78, 5) is 21.2. The molecule has 3 N–H and O–H groups in total. The van der Waals surface area contributed by atoms with Crippen LogP contribution < -0.4 is 16.0 Å². The molecule has 2 aromatic rings. The number of anilines is 2. The third kappa shape index (κ3) is 4.96. The molecule has 118 valence electrons. The molecule has 0 radical (unpaired) electrons. The molecule has 1 amide bonds. The Hall–Kier alpha value is -1.67. The molecule has 0 unspecified atom stereocenters. The molecule has 0 saturated heterocycles. The number of aryl methyl sites for hydroxylation is 1. The molecular formula is C14H18BrN5OS. The lowest BCUT2D eigenvalue weighted by Crippen LogP contribution is -2.28. The topological polar surface area (TPSA) is 78.9 Å². The zero-order valence-electron chi connectivity index (χ0n) is 12.4. The number of halogens is 1. The van der Waals surface area contributed by atoms with Gasteiger partial charge >= 0.3 is 0 Å². The van der Waals surface area contributed by atoms with Gasteiger partial charge in [0.2, 0.25) is 0 Å². The normalized spacial score (nSPS) is 10.3. The number of nitrogens with one attached hydrogen (secondary N) is 3. The minimum atomic E-state index is -0.0651. The first kappa shape index (κ1) is 16.7. The molecule has 8 heteroatoms. The first-order valence-corrected chi connectivity index (χ1v) is 8.61. The highest BCUT2D eigenvalue weighted by atomic mass is 79.9. The van der Waals surface area contributed by atoms with E-state index in [2.05, 4.69) is 41.8 Å².